The molecule has 2 rings (SSSR count). The highest BCUT2D eigenvalue weighted by molar-refractivity contribution is 5.36. The molecule has 0 radical (unpaired) electrons. The molecule has 0 aliphatic rings. The molecule has 2 aromatic rings. The van der Waals surface area contributed by atoms with Gasteiger partial charge in [0.25, 0.3) is 0 Å². The van der Waals surface area contributed by atoms with E-state index in [1.54, 1.807) is 0 Å². The summed E-state index contributed by atoms with van der Waals surface area (Å²) < 4.78 is 5.45. The lowest BCUT2D eigenvalue weighted by Crippen LogP contribution is -2.13. The minimum atomic E-state index is -0.0135. The van der Waals surface area contributed by atoms with E-state index < -0.39 is 0 Å². The van der Waals surface area contributed by atoms with E-state index in [0.717, 1.165) is 6.42 Å². The van der Waals surface area contributed by atoms with Crippen LogP contribution in [0.15, 0.2) is 24.3 Å². The van der Waals surface area contributed by atoms with Gasteiger partial charge in [-0.3, -0.25) is 0 Å². The highest BCUT2D eigenvalue weighted by Crippen LogP contribution is 2.14. The molecule has 0 aliphatic heterocycles. The predicted molar refractivity (Wildman–Crippen MR) is 83.2 cm³/mol. The Morgan fingerprint density at radius 2 is 1.86 bits per heavy atom. The first-order valence-electron chi connectivity index (χ1n) is 7.07. The van der Waals surface area contributed by atoms with E-state index in [4.69, 9.17) is 10.5 Å². The van der Waals surface area contributed by atoms with Crippen LogP contribution in [0.2, 0.25) is 0 Å². The smallest absolute Gasteiger partial charge is 0.323 e. The van der Waals surface area contributed by atoms with E-state index >= 15 is 0 Å². The molecule has 0 bridgehead atoms. The Morgan fingerprint density at radius 3 is 2.52 bits per heavy atom. The summed E-state index contributed by atoms with van der Waals surface area (Å²) in [5, 5.41) is 3.17. The summed E-state index contributed by atoms with van der Waals surface area (Å²) in [4.78, 5) is 12.2. The van der Waals surface area contributed by atoms with Gasteiger partial charge in [0.05, 0.1) is 6.10 Å². The Balaban J connectivity index is 2.10. The Kier molecular flexibility index (Phi) is 4.92. The summed E-state index contributed by atoms with van der Waals surface area (Å²) in [5.41, 5.74) is 8.19. The van der Waals surface area contributed by atoms with Crippen LogP contribution in [-0.4, -0.2) is 21.1 Å². The summed E-state index contributed by atoms with van der Waals surface area (Å²) in [6.45, 7) is 6.58. The van der Waals surface area contributed by atoms with Gasteiger partial charge in [-0.15, -0.1) is 0 Å². The van der Waals surface area contributed by atoms with Gasteiger partial charge in [-0.25, -0.2) is 0 Å². The highest BCUT2D eigenvalue weighted by Gasteiger charge is 2.07. The number of aryl methyl sites for hydroxylation is 1. The van der Waals surface area contributed by atoms with Gasteiger partial charge >= 0.3 is 6.01 Å². The van der Waals surface area contributed by atoms with E-state index in [0.29, 0.717) is 12.5 Å². The standard InChI is InChI=1S/C15H21N5O/c1-4-11-7-5-6-8-12(11)9-17-14-18-13(16)19-15(20-14)21-10(2)3/h5-8,10H,4,9H2,1-3H3,(H3,16,17,18,19,20). The number of nitrogens with zero attached hydrogens (tertiary/aromatic N) is 3. The first kappa shape index (κ1) is 15.0. The third-order valence-electron chi connectivity index (χ3n) is 2.91. The number of nitrogen functional groups attached to an aromatic ring is 1. The molecular formula is C15H21N5O. The van der Waals surface area contributed by atoms with Crippen LogP contribution in [0.4, 0.5) is 11.9 Å². The summed E-state index contributed by atoms with van der Waals surface area (Å²) in [6.07, 6.45) is 0.972. The zero-order chi connectivity index (χ0) is 15.2. The molecule has 1 aromatic heterocycles. The SMILES string of the molecule is CCc1ccccc1CNc1nc(N)nc(OC(C)C)n1. The van der Waals surface area contributed by atoms with E-state index in [2.05, 4.69) is 39.3 Å². The molecule has 0 fully saturated rings. The molecule has 1 aromatic carbocycles. The monoisotopic (exact) mass is 287 g/mol. The Hall–Kier alpha value is -2.37. The lowest BCUT2D eigenvalue weighted by Gasteiger charge is -2.11. The molecule has 6 nitrogen and oxygen atoms in total. The highest BCUT2D eigenvalue weighted by atomic mass is 16.5. The molecule has 0 saturated carbocycles. The largest absolute Gasteiger partial charge is 0.461 e. The molecule has 3 N–H and O–H groups in total. The van der Waals surface area contributed by atoms with Crippen molar-refractivity contribution >= 4 is 11.9 Å². The molecule has 1 heterocycles. The minimum absolute atomic E-state index is 0.0135. The molecule has 0 atom stereocenters. The van der Waals surface area contributed by atoms with E-state index in [-0.39, 0.29) is 18.1 Å². The maximum absolute atomic E-state index is 5.68. The summed E-state index contributed by atoms with van der Waals surface area (Å²) in [6, 6.07) is 8.50. The van der Waals surface area contributed by atoms with Crippen LogP contribution in [0.1, 0.15) is 31.9 Å². The third kappa shape index (κ3) is 4.30. The van der Waals surface area contributed by atoms with Crippen molar-refractivity contribution in [2.45, 2.75) is 39.8 Å². The van der Waals surface area contributed by atoms with Crippen molar-refractivity contribution in [3.05, 3.63) is 35.4 Å². The van der Waals surface area contributed by atoms with Gasteiger partial charge in [0.2, 0.25) is 11.9 Å². The molecule has 0 spiro atoms. The van der Waals surface area contributed by atoms with Crippen LogP contribution in [0, 0.1) is 0 Å². The van der Waals surface area contributed by atoms with Crippen LogP contribution in [-0.2, 0) is 13.0 Å². The molecule has 6 heteroatoms. The van der Waals surface area contributed by atoms with Crippen molar-refractivity contribution < 1.29 is 4.74 Å². The minimum Gasteiger partial charge on any atom is -0.461 e. The molecular weight excluding hydrogens is 266 g/mol. The topological polar surface area (TPSA) is 86.0 Å². The maximum atomic E-state index is 5.68. The van der Waals surface area contributed by atoms with Gasteiger partial charge in [0.15, 0.2) is 0 Å². The van der Waals surface area contributed by atoms with Crippen LogP contribution < -0.4 is 15.8 Å². The number of hydrogen-bond donors (Lipinski definition) is 2. The van der Waals surface area contributed by atoms with Crippen molar-refractivity contribution in [2.75, 3.05) is 11.1 Å². The number of hydrogen-bond acceptors (Lipinski definition) is 6. The van der Waals surface area contributed by atoms with Gasteiger partial charge in [0.1, 0.15) is 0 Å². The average Bonchev–Trinajstić information content (AvgIpc) is 2.44. The Morgan fingerprint density at radius 1 is 1.14 bits per heavy atom. The number of nitrogens with two attached hydrogens (primary N) is 1. The summed E-state index contributed by atoms with van der Waals surface area (Å²) in [5.74, 6) is 0.566. The summed E-state index contributed by atoms with van der Waals surface area (Å²) in [7, 11) is 0. The van der Waals surface area contributed by atoms with Gasteiger partial charge in [-0.1, -0.05) is 31.2 Å². The van der Waals surface area contributed by atoms with Crippen LogP contribution in [0.5, 0.6) is 6.01 Å². The quantitative estimate of drug-likeness (QED) is 0.848. The van der Waals surface area contributed by atoms with Crippen LogP contribution >= 0.6 is 0 Å². The molecule has 0 unspecified atom stereocenters. The number of aromatic nitrogens is 3. The average molecular weight is 287 g/mol. The van der Waals surface area contributed by atoms with Crippen molar-refractivity contribution in [1.29, 1.82) is 0 Å². The normalized spacial score (nSPS) is 10.7. The number of nitrogens with one attached hydrogen (secondary N) is 1. The van der Waals surface area contributed by atoms with E-state index in [9.17, 15) is 0 Å². The fourth-order valence-corrected chi connectivity index (χ4v) is 1.96. The number of ether oxygens (including phenoxy) is 1. The first-order chi connectivity index (χ1) is 10.1. The second kappa shape index (κ2) is 6.88. The second-order valence-corrected chi connectivity index (χ2v) is 4.94. The predicted octanol–water partition coefficient (Wildman–Crippen LogP) is 2.42. The summed E-state index contributed by atoms with van der Waals surface area (Å²) >= 11 is 0. The number of rotatable bonds is 6. The Labute approximate surface area is 124 Å². The lowest BCUT2D eigenvalue weighted by molar-refractivity contribution is 0.222. The van der Waals surface area contributed by atoms with Crippen molar-refractivity contribution in [3.8, 4) is 6.01 Å². The van der Waals surface area contributed by atoms with Crippen molar-refractivity contribution in [3.63, 3.8) is 0 Å². The fraction of sp³-hybridized carbons (Fsp3) is 0.400. The first-order valence-corrected chi connectivity index (χ1v) is 7.07. The van der Waals surface area contributed by atoms with Gasteiger partial charge in [0, 0.05) is 6.54 Å². The molecule has 0 amide bonds. The molecule has 0 saturated heterocycles. The van der Waals surface area contributed by atoms with Crippen LogP contribution in [0.25, 0.3) is 0 Å². The molecule has 0 aliphatic carbocycles. The number of anilines is 2. The zero-order valence-electron chi connectivity index (χ0n) is 12.6. The van der Waals surface area contributed by atoms with E-state index in [1.807, 2.05) is 26.0 Å². The van der Waals surface area contributed by atoms with Crippen molar-refractivity contribution in [1.82, 2.24) is 15.0 Å². The zero-order valence-corrected chi connectivity index (χ0v) is 12.6. The second-order valence-electron chi connectivity index (χ2n) is 4.94. The van der Waals surface area contributed by atoms with E-state index in [1.165, 1.54) is 11.1 Å². The fourth-order valence-electron chi connectivity index (χ4n) is 1.96. The van der Waals surface area contributed by atoms with Gasteiger partial charge in [-0.05, 0) is 31.4 Å². The molecule has 112 valence electrons. The number of benzene rings is 1. The molecule has 21 heavy (non-hydrogen) atoms. The van der Waals surface area contributed by atoms with Crippen LogP contribution in [0.3, 0.4) is 0 Å². The van der Waals surface area contributed by atoms with Gasteiger partial charge < -0.3 is 15.8 Å². The Bertz CT molecular complexity index is 600. The van der Waals surface area contributed by atoms with Gasteiger partial charge in [-0.2, -0.15) is 15.0 Å². The lowest BCUT2D eigenvalue weighted by atomic mass is 10.1. The van der Waals surface area contributed by atoms with Crippen molar-refractivity contribution in [2.24, 2.45) is 0 Å². The maximum Gasteiger partial charge on any atom is 0.323 e. The third-order valence-corrected chi connectivity index (χ3v) is 2.91.